The highest BCUT2D eigenvalue weighted by atomic mass is 79.9. The number of hydrogen-bond acceptors (Lipinski definition) is 1. The van der Waals surface area contributed by atoms with Crippen LogP contribution in [0.2, 0.25) is 0 Å². The van der Waals surface area contributed by atoms with Crippen LogP contribution < -0.4 is 5.32 Å². The molecule has 0 aliphatic carbocycles. The van der Waals surface area contributed by atoms with Gasteiger partial charge < -0.3 is 5.32 Å². The molecule has 0 unspecified atom stereocenters. The molecule has 1 N–H and O–H groups in total. The van der Waals surface area contributed by atoms with Crippen molar-refractivity contribution >= 4 is 15.9 Å². The van der Waals surface area contributed by atoms with Crippen LogP contribution in [0.25, 0.3) is 0 Å². The number of benzene rings is 1. The molecule has 0 aliphatic rings. The summed E-state index contributed by atoms with van der Waals surface area (Å²) in [5.74, 6) is 0.470. The Morgan fingerprint density at radius 3 is 2.80 bits per heavy atom. The van der Waals surface area contributed by atoms with E-state index in [1.165, 1.54) is 6.07 Å². The van der Waals surface area contributed by atoms with E-state index in [4.69, 9.17) is 0 Å². The molecule has 1 nitrogen and oxygen atoms in total. The molecule has 1 aromatic carbocycles. The van der Waals surface area contributed by atoms with Crippen molar-refractivity contribution in [2.75, 3.05) is 13.1 Å². The first kappa shape index (κ1) is 12.7. The summed E-state index contributed by atoms with van der Waals surface area (Å²) in [6, 6.07) is 5.16. The molecule has 1 rings (SSSR count). The molecule has 15 heavy (non-hydrogen) atoms. The van der Waals surface area contributed by atoms with Crippen LogP contribution in [0.3, 0.4) is 0 Å². The minimum atomic E-state index is -0.184. The fraction of sp³-hybridized carbons (Fsp3) is 0.500. The second kappa shape index (κ2) is 6.23. The largest absolute Gasteiger partial charge is 0.316 e. The molecule has 0 heterocycles. The third-order valence-electron chi connectivity index (χ3n) is 2.16. The molecule has 0 spiro atoms. The van der Waals surface area contributed by atoms with Gasteiger partial charge in [-0.1, -0.05) is 26.0 Å². The quantitative estimate of drug-likeness (QED) is 0.812. The van der Waals surface area contributed by atoms with E-state index < -0.39 is 0 Å². The first-order chi connectivity index (χ1) is 7.11. The minimum Gasteiger partial charge on any atom is -0.316 e. The zero-order chi connectivity index (χ0) is 11.3. The first-order valence-corrected chi connectivity index (χ1v) is 6.04. The van der Waals surface area contributed by atoms with Gasteiger partial charge in [0.25, 0.3) is 0 Å². The van der Waals surface area contributed by atoms with E-state index in [0.29, 0.717) is 10.4 Å². The van der Waals surface area contributed by atoms with E-state index in [9.17, 15) is 4.39 Å². The maximum atomic E-state index is 13.1. The summed E-state index contributed by atoms with van der Waals surface area (Å²) in [5, 5.41) is 3.34. The molecule has 0 saturated heterocycles. The lowest BCUT2D eigenvalue weighted by molar-refractivity contribution is 0.552. The van der Waals surface area contributed by atoms with Gasteiger partial charge in [-0.2, -0.15) is 0 Å². The summed E-state index contributed by atoms with van der Waals surface area (Å²) in [4.78, 5) is 0. The van der Waals surface area contributed by atoms with Gasteiger partial charge in [-0.3, -0.25) is 0 Å². The Morgan fingerprint density at radius 1 is 1.40 bits per heavy atom. The molecule has 0 aliphatic heterocycles. The van der Waals surface area contributed by atoms with Gasteiger partial charge in [0.1, 0.15) is 5.82 Å². The third-order valence-corrected chi connectivity index (χ3v) is 3.04. The van der Waals surface area contributed by atoms with Crippen molar-refractivity contribution in [2.24, 2.45) is 5.92 Å². The fourth-order valence-corrected chi connectivity index (χ4v) is 1.82. The van der Waals surface area contributed by atoms with Crippen LogP contribution in [0.1, 0.15) is 19.4 Å². The zero-order valence-corrected chi connectivity index (χ0v) is 10.8. The van der Waals surface area contributed by atoms with Crippen molar-refractivity contribution in [3.05, 3.63) is 34.1 Å². The Balaban J connectivity index is 2.41. The predicted molar refractivity (Wildman–Crippen MR) is 65.5 cm³/mol. The lowest BCUT2D eigenvalue weighted by Gasteiger charge is -2.08. The normalized spacial score (nSPS) is 11.0. The number of halogens is 2. The maximum Gasteiger partial charge on any atom is 0.137 e. The average Bonchev–Trinajstić information content (AvgIpc) is 2.18. The summed E-state index contributed by atoms with van der Waals surface area (Å²) in [5.41, 5.74) is 1.02. The molecule has 0 amide bonds. The van der Waals surface area contributed by atoms with Crippen LogP contribution in [0.4, 0.5) is 4.39 Å². The van der Waals surface area contributed by atoms with Gasteiger partial charge in [-0.05, 0) is 53.0 Å². The van der Waals surface area contributed by atoms with Crippen molar-refractivity contribution in [1.82, 2.24) is 5.32 Å². The molecule has 0 bridgehead atoms. The molecule has 0 saturated carbocycles. The van der Waals surface area contributed by atoms with Crippen molar-refractivity contribution in [2.45, 2.75) is 20.3 Å². The molecule has 0 atom stereocenters. The highest BCUT2D eigenvalue weighted by Crippen LogP contribution is 2.20. The van der Waals surface area contributed by atoms with Crippen molar-refractivity contribution in [3.8, 4) is 0 Å². The Bertz CT molecular complexity index is 312. The van der Waals surface area contributed by atoms with Gasteiger partial charge in [-0.15, -0.1) is 0 Å². The van der Waals surface area contributed by atoms with Crippen LogP contribution >= 0.6 is 15.9 Å². The van der Waals surface area contributed by atoms with Gasteiger partial charge >= 0.3 is 0 Å². The minimum absolute atomic E-state index is 0.184. The number of hydrogen-bond donors (Lipinski definition) is 1. The molecule has 0 fully saturated rings. The van der Waals surface area contributed by atoms with Crippen LogP contribution in [0, 0.1) is 11.7 Å². The summed E-state index contributed by atoms with van der Waals surface area (Å²) in [7, 11) is 0. The maximum absolute atomic E-state index is 13.1. The molecule has 0 aromatic heterocycles. The van der Waals surface area contributed by atoms with Crippen LogP contribution in [0.5, 0.6) is 0 Å². The monoisotopic (exact) mass is 273 g/mol. The second-order valence-electron chi connectivity index (χ2n) is 4.06. The van der Waals surface area contributed by atoms with E-state index in [2.05, 4.69) is 35.1 Å². The zero-order valence-electron chi connectivity index (χ0n) is 9.19. The predicted octanol–water partition coefficient (Wildman–Crippen LogP) is 3.38. The lowest BCUT2D eigenvalue weighted by Crippen LogP contribution is -2.22. The molecule has 3 heteroatoms. The number of rotatable bonds is 5. The SMILES string of the molecule is CC(C)CNCCc1cccc(F)c1Br. The van der Waals surface area contributed by atoms with Crippen molar-refractivity contribution in [3.63, 3.8) is 0 Å². The molecule has 1 aromatic rings. The highest BCUT2D eigenvalue weighted by Gasteiger charge is 2.04. The standard InChI is InChI=1S/C12H17BrFN/c1-9(2)8-15-7-6-10-4-3-5-11(14)12(10)13/h3-5,9,15H,6-8H2,1-2H3. The first-order valence-electron chi connectivity index (χ1n) is 5.25. The highest BCUT2D eigenvalue weighted by molar-refractivity contribution is 9.10. The Hall–Kier alpha value is -0.410. The van der Waals surface area contributed by atoms with Crippen LogP contribution in [-0.2, 0) is 6.42 Å². The van der Waals surface area contributed by atoms with Gasteiger partial charge in [0.05, 0.1) is 4.47 Å². The van der Waals surface area contributed by atoms with Gasteiger partial charge in [-0.25, -0.2) is 4.39 Å². The van der Waals surface area contributed by atoms with Crippen molar-refractivity contribution in [1.29, 1.82) is 0 Å². The Labute approximate surface area is 99.2 Å². The van der Waals surface area contributed by atoms with Gasteiger partial charge in [0, 0.05) is 0 Å². The summed E-state index contributed by atoms with van der Waals surface area (Å²) in [6.45, 7) is 6.24. The second-order valence-corrected chi connectivity index (χ2v) is 4.85. The van der Waals surface area contributed by atoms with E-state index in [0.717, 1.165) is 25.1 Å². The number of nitrogens with one attached hydrogen (secondary N) is 1. The van der Waals surface area contributed by atoms with E-state index in [1.807, 2.05) is 6.07 Å². The fourth-order valence-electron chi connectivity index (χ4n) is 1.36. The summed E-state index contributed by atoms with van der Waals surface area (Å²) >= 11 is 3.26. The lowest BCUT2D eigenvalue weighted by atomic mass is 10.1. The van der Waals surface area contributed by atoms with Gasteiger partial charge in [0.15, 0.2) is 0 Å². The van der Waals surface area contributed by atoms with Crippen molar-refractivity contribution < 1.29 is 4.39 Å². The Morgan fingerprint density at radius 2 is 2.13 bits per heavy atom. The van der Waals surface area contributed by atoms with Crippen LogP contribution in [0.15, 0.2) is 22.7 Å². The molecular formula is C12H17BrFN. The Kier molecular flexibility index (Phi) is 5.26. The molecular weight excluding hydrogens is 257 g/mol. The van der Waals surface area contributed by atoms with E-state index in [-0.39, 0.29) is 5.82 Å². The summed E-state index contributed by atoms with van der Waals surface area (Å²) < 4.78 is 13.7. The molecule has 84 valence electrons. The third kappa shape index (κ3) is 4.31. The molecule has 0 radical (unpaired) electrons. The topological polar surface area (TPSA) is 12.0 Å². The van der Waals surface area contributed by atoms with E-state index >= 15 is 0 Å². The smallest absolute Gasteiger partial charge is 0.137 e. The summed E-state index contributed by atoms with van der Waals surface area (Å²) in [6.07, 6.45) is 0.852. The average molecular weight is 274 g/mol. The van der Waals surface area contributed by atoms with Crippen LogP contribution in [-0.4, -0.2) is 13.1 Å². The van der Waals surface area contributed by atoms with Gasteiger partial charge in [0.2, 0.25) is 0 Å². The van der Waals surface area contributed by atoms with E-state index in [1.54, 1.807) is 6.07 Å².